The second-order valence-corrected chi connectivity index (χ2v) is 5.20. The summed E-state index contributed by atoms with van der Waals surface area (Å²) in [5.74, 6) is 1.21. The maximum Gasteiger partial charge on any atom is 0.406 e. The molecule has 0 bridgehead atoms. The number of hydrogen-bond donors (Lipinski definition) is 1. The molecule has 0 aliphatic heterocycles. The number of nitrogens with zero attached hydrogens (tertiary/aromatic N) is 4. The lowest BCUT2D eigenvalue weighted by atomic mass is 10.4. The van der Waals surface area contributed by atoms with Crippen molar-refractivity contribution in [3.63, 3.8) is 0 Å². The number of nitro groups is 1. The molecule has 0 unspecified atom stereocenters. The molecule has 0 spiro atoms. The number of thioether (sulfide) groups is 1. The molecule has 1 N–H and O–H groups in total. The summed E-state index contributed by atoms with van der Waals surface area (Å²) in [5.41, 5.74) is 0. The third kappa shape index (κ3) is 3.70. The van der Waals surface area contributed by atoms with Crippen molar-refractivity contribution in [3.8, 4) is 0 Å². The van der Waals surface area contributed by atoms with Gasteiger partial charge in [-0.25, -0.2) is 4.98 Å². The zero-order chi connectivity index (χ0) is 14.4. The van der Waals surface area contributed by atoms with Crippen molar-refractivity contribution in [2.45, 2.75) is 11.4 Å². The molecule has 0 fully saturated rings. The largest absolute Gasteiger partial charge is 0.406 e. The lowest BCUT2D eigenvalue weighted by Crippen LogP contribution is -2.08. The van der Waals surface area contributed by atoms with E-state index in [1.54, 1.807) is 29.6 Å². The first-order valence-corrected chi connectivity index (χ1v) is 7.10. The van der Waals surface area contributed by atoms with E-state index in [0.717, 1.165) is 17.2 Å². The summed E-state index contributed by atoms with van der Waals surface area (Å²) in [4.78, 5) is 18.3. The van der Waals surface area contributed by atoms with Gasteiger partial charge in [0, 0.05) is 25.5 Å². The Balaban J connectivity index is 1.76. The predicted octanol–water partition coefficient (Wildman–Crippen LogP) is 2.32. The van der Waals surface area contributed by atoms with Gasteiger partial charge in [-0.2, -0.15) is 0 Å². The minimum Gasteiger partial charge on any atom is -0.364 e. The first-order chi connectivity index (χ1) is 9.68. The predicted molar refractivity (Wildman–Crippen MR) is 77.9 cm³/mol. The van der Waals surface area contributed by atoms with Gasteiger partial charge < -0.3 is 15.4 Å². The van der Waals surface area contributed by atoms with Crippen LogP contribution in [0.25, 0.3) is 0 Å². The Labute approximate surface area is 120 Å². The maximum absolute atomic E-state index is 10.8. The van der Waals surface area contributed by atoms with E-state index >= 15 is 0 Å². The summed E-state index contributed by atoms with van der Waals surface area (Å²) in [6.07, 6.45) is 4.08. The van der Waals surface area contributed by atoms with Crippen molar-refractivity contribution in [2.75, 3.05) is 17.6 Å². The molecule has 0 aromatic carbocycles. The SMILES string of the molecule is Cn1cnc([N+](=O)[O-])c1NCCCSc1ccccn1. The Morgan fingerprint density at radius 1 is 1.45 bits per heavy atom. The van der Waals surface area contributed by atoms with E-state index in [2.05, 4.69) is 15.3 Å². The van der Waals surface area contributed by atoms with Gasteiger partial charge >= 0.3 is 5.82 Å². The molecule has 0 radical (unpaired) electrons. The van der Waals surface area contributed by atoms with Gasteiger partial charge in [0.15, 0.2) is 0 Å². The van der Waals surface area contributed by atoms with E-state index in [-0.39, 0.29) is 5.82 Å². The summed E-state index contributed by atoms with van der Waals surface area (Å²) in [5, 5.41) is 14.8. The van der Waals surface area contributed by atoms with E-state index in [1.807, 2.05) is 18.2 Å². The fourth-order valence-electron chi connectivity index (χ4n) is 1.64. The van der Waals surface area contributed by atoms with Crippen LogP contribution in [-0.2, 0) is 7.05 Å². The summed E-state index contributed by atoms with van der Waals surface area (Å²) < 4.78 is 1.62. The van der Waals surface area contributed by atoms with Crippen LogP contribution in [0.5, 0.6) is 0 Å². The molecule has 0 saturated heterocycles. The van der Waals surface area contributed by atoms with Crippen molar-refractivity contribution in [1.29, 1.82) is 0 Å². The highest BCUT2D eigenvalue weighted by molar-refractivity contribution is 7.99. The molecule has 0 aliphatic carbocycles. The average molecular weight is 293 g/mol. The second-order valence-electron chi connectivity index (χ2n) is 4.08. The van der Waals surface area contributed by atoms with Gasteiger partial charge in [-0.05, 0) is 28.5 Å². The van der Waals surface area contributed by atoms with E-state index in [4.69, 9.17) is 0 Å². The van der Waals surface area contributed by atoms with Gasteiger partial charge in [-0.15, -0.1) is 11.8 Å². The molecule has 7 nitrogen and oxygen atoms in total. The molecule has 2 aromatic rings. The molecule has 2 rings (SSSR count). The Hall–Kier alpha value is -2.09. The molecule has 2 heterocycles. The molecule has 8 heteroatoms. The number of hydrogen-bond acceptors (Lipinski definition) is 6. The minimum absolute atomic E-state index is 0.134. The van der Waals surface area contributed by atoms with Crippen LogP contribution in [0.4, 0.5) is 11.6 Å². The van der Waals surface area contributed by atoms with Crippen LogP contribution >= 0.6 is 11.8 Å². The number of imidazole rings is 1. The Kier molecular flexibility index (Phi) is 4.94. The van der Waals surface area contributed by atoms with Gasteiger partial charge in [0.2, 0.25) is 12.1 Å². The third-order valence-corrected chi connectivity index (χ3v) is 3.62. The lowest BCUT2D eigenvalue weighted by Gasteiger charge is -2.05. The maximum atomic E-state index is 10.8. The standard InChI is InChI=1S/C12H15N5O2S/c1-16-9-15-12(17(18)19)11(16)14-7-4-8-20-10-5-2-3-6-13-10/h2-3,5-6,9,14H,4,7-8H2,1H3. The fourth-order valence-corrected chi connectivity index (χ4v) is 2.45. The number of anilines is 1. The van der Waals surface area contributed by atoms with Gasteiger partial charge in [0.25, 0.3) is 0 Å². The van der Waals surface area contributed by atoms with Crippen molar-refractivity contribution in [3.05, 3.63) is 40.8 Å². The van der Waals surface area contributed by atoms with Gasteiger partial charge in [0.1, 0.15) is 0 Å². The van der Waals surface area contributed by atoms with E-state index < -0.39 is 4.92 Å². The number of nitrogens with one attached hydrogen (secondary N) is 1. The molecular weight excluding hydrogens is 278 g/mol. The Morgan fingerprint density at radius 2 is 2.30 bits per heavy atom. The number of rotatable bonds is 7. The molecule has 0 atom stereocenters. The first-order valence-electron chi connectivity index (χ1n) is 6.12. The van der Waals surface area contributed by atoms with Crippen LogP contribution in [-0.4, -0.2) is 31.8 Å². The molecule has 0 amide bonds. The highest BCUT2D eigenvalue weighted by Crippen LogP contribution is 2.21. The summed E-state index contributed by atoms with van der Waals surface area (Å²) in [6, 6.07) is 5.80. The summed E-state index contributed by atoms with van der Waals surface area (Å²) >= 11 is 1.66. The average Bonchev–Trinajstić information content (AvgIpc) is 2.81. The smallest absolute Gasteiger partial charge is 0.364 e. The quantitative estimate of drug-likeness (QED) is 0.365. The fraction of sp³-hybridized carbons (Fsp3) is 0.333. The van der Waals surface area contributed by atoms with E-state index in [0.29, 0.717) is 12.4 Å². The molecule has 0 aliphatic rings. The van der Waals surface area contributed by atoms with E-state index in [1.165, 1.54) is 6.33 Å². The zero-order valence-corrected chi connectivity index (χ0v) is 11.8. The van der Waals surface area contributed by atoms with Crippen LogP contribution in [0.3, 0.4) is 0 Å². The molecular formula is C12H15N5O2S. The molecule has 106 valence electrons. The van der Waals surface area contributed by atoms with Crippen molar-refractivity contribution in [2.24, 2.45) is 7.05 Å². The zero-order valence-electron chi connectivity index (χ0n) is 11.0. The lowest BCUT2D eigenvalue weighted by molar-refractivity contribution is -0.388. The summed E-state index contributed by atoms with van der Waals surface area (Å²) in [6.45, 7) is 0.653. The first kappa shape index (κ1) is 14.3. The Bertz CT molecular complexity index is 572. The molecule has 0 saturated carbocycles. The molecule has 20 heavy (non-hydrogen) atoms. The van der Waals surface area contributed by atoms with Crippen LogP contribution in [0.15, 0.2) is 35.7 Å². The highest BCUT2D eigenvalue weighted by atomic mass is 32.2. The van der Waals surface area contributed by atoms with Crippen molar-refractivity contribution < 1.29 is 4.92 Å². The van der Waals surface area contributed by atoms with Crippen LogP contribution < -0.4 is 5.32 Å². The molecule has 2 aromatic heterocycles. The van der Waals surface area contributed by atoms with Crippen molar-refractivity contribution >= 4 is 23.4 Å². The van der Waals surface area contributed by atoms with Gasteiger partial charge in [0.05, 0.1) is 5.03 Å². The second kappa shape index (κ2) is 6.90. The third-order valence-electron chi connectivity index (χ3n) is 2.59. The minimum atomic E-state index is -0.481. The number of aryl methyl sites for hydroxylation is 1. The Morgan fingerprint density at radius 3 is 3.00 bits per heavy atom. The number of aromatic nitrogens is 3. The van der Waals surface area contributed by atoms with E-state index in [9.17, 15) is 10.1 Å². The van der Waals surface area contributed by atoms with Crippen LogP contribution in [0.1, 0.15) is 6.42 Å². The van der Waals surface area contributed by atoms with Crippen molar-refractivity contribution in [1.82, 2.24) is 14.5 Å². The topological polar surface area (TPSA) is 85.9 Å². The van der Waals surface area contributed by atoms with Crippen LogP contribution in [0, 0.1) is 10.1 Å². The monoisotopic (exact) mass is 293 g/mol. The summed E-state index contributed by atoms with van der Waals surface area (Å²) in [7, 11) is 1.73. The normalized spacial score (nSPS) is 10.4. The highest BCUT2D eigenvalue weighted by Gasteiger charge is 2.19. The van der Waals surface area contributed by atoms with Gasteiger partial charge in [-0.1, -0.05) is 6.07 Å². The number of pyridine rings is 1. The van der Waals surface area contributed by atoms with Gasteiger partial charge in [-0.3, -0.25) is 4.57 Å². The van der Waals surface area contributed by atoms with Crippen LogP contribution in [0.2, 0.25) is 0 Å².